The van der Waals surface area contributed by atoms with Crippen LogP contribution in [0.1, 0.15) is 16.7 Å². The van der Waals surface area contributed by atoms with E-state index in [4.69, 9.17) is 40.5 Å². The number of amides is 1. The number of rotatable bonds is 8. The van der Waals surface area contributed by atoms with Gasteiger partial charge >= 0.3 is 5.97 Å². The molecule has 1 heterocycles. The molecule has 0 radical (unpaired) electrons. The number of hydrogen-bond acceptors (Lipinski definition) is 5. The lowest BCUT2D eigenvalue weighted by Gasteiger charge is -2.25. The molecule has 1 aliphatic heterocycles. The SMILES string of the molecule is O=C(O)CN1C(=O)/C(=C/c2cc(Cl)c(/C=C/c3ccc(N(c4ccccc4)c4ccccc4)cc3)cc2Cl)SC1=S. The molecular weight excluding hydrogens is 595 g/mol. The zero-order valence-electron chi connectivity index (χ0n) is 21.4. The lowest BCUT2D eigenvalue weighted by atomic mass is 10.1. The molecule has 4 aromatic carbocycles. The second-order valence-corrected chi connectivity index (χ2v) is 11.5. The summed E-state index contributed by atoms with van der Waals surface area (Å²) in [5.74, 6) is -1.61. The number of para-hydroxylation sites is 2. The summed E-state index contributed by atoms with van der Waals surface area (Å²) in [7, 11) is 0. The molecule has 1 aliphatic rings. The summed E-state index contributed by atoms with van der Waals surface area (Å²) in [5.41, 5.74) is 5.38. The number of halogens is 2. The van der Waals surface area contributed by atoms with Gasteiger partial charge in [0.15, 0.2) is 0 Å². The number of aliphatic carboxylic acids is 1. The van der Waals surface area contributed by atoms with Gasteiger partial charge in [-0.25, -0.2) is 0 Å². The van der Waals surface area contributed by atoms with Crippen LogP contribution in [0.5, 0.6) is 0 Å². The van der Waals surface area contributed by atoms with Crippen LogP contribution >= 0.6 is 47.2 Å². The fraction of sp³-hybridized carbons (Fsp3) is 0.0312. The van der Waals surface area contributed by atoms with E-state index in [1.807, 2.05) is 60.7 Å². The summed E-state index contributed by atoms with van der Waals surface area (Å²) in [6.07, 6.45) is 5.41. The number of benzene rings is 4. The predicted octanol–water partition coefficient (Wildman–Crippen LogP) is 8.92. The maximum absolute atomic E-state index is 12.6. The molecule has 1 N–H and O–H groups in total. The first kappa shape index (κ1) is 28.6. The van der Waals surface area contributed by atoms with Gasteiger partial charge in [-0.2, -0.15) is 0 Å². The first-order valence-electron chi connectivity index (χ1n) is 12.4. The Morgan fingerprint density at radius 2 is 1.37 bits per heavy atom. The quantitative estimate of drug-likeness (QED) is 0.121. The smallest absolute Gasteiger partial charge is 0.323 e. The highest BCUT2D eigenvalue weighted by Gasteiger charge is 2.33. The monoisotopic (exact) mass is 616 g/mol. The van der Waals surface area contributed by atoms with Crippen molar-refractivity contribution in [2.24, 2.45) is 0 Å². The molecule has 1 amide bonds. The molecule has 1 fully saturated rings. The molecule has 0 unspecified atom stereocenters. The number of thiocarbonyl (C=S) groups is 1. The summed E-state index contributed by atoms with van der Waals surface area (Å²) in [6, 6.07) is 32.0. The number of carbonyl (C=O) groups excluding carboxylic acids is 1. The molecular formula is C32H22Cl2N2O3S2. The molecule has 204 valence electrons. The van der Waals surface area contributed by atoms with E-state index in [0.29, 0.717) is 21.2 Å². The highest BCUT2D eigenvalue weighted by atomic mass is 35.5. The third-order valence-corrected chi connectivity index (χ3v) is 8.24. The minimum absolute atomic E-state index is 0.187. The number of carboxylic acids is 1. The van der Waals surface area contributed by atoms with E-state index < -0.39 is 18.4 Å². The number of nitrogens with zero attached hydrogens (tertiary/aromatic N) is 2. The number of carboxylic acid groups (broad SMARTS) is 1. The van der Waals surface area contributed by atoms with Crippen LogP contribution in [0.4, 0.5) is 17.1 Å². The minimum atomic E-state index is -1.14. The second kappa shape index (κ2) is 12.7. The number of hydrogen-bond donors (Lipinski definition) is 1. The molecule has 1 saturated heterocycles. The Kier molecular flexibility index (Phi) is 8.90. The van der Waals surface area contributed by atoms with Gasteiger partial charge in [0.2, 0.25) is 0 Å². The predicted molar refractivity (Wildman–Crippen MR) is 174 cm³/mol. The van der Waals surface area contributed by atoms with Crippen molar-refractivity contribution in [3.05, 3.63) is 129 Å². The summed E-state index contributed by atoms with van der Waals surface area (Å²) in [5, 5.41) is 9.88. The Bertz CT molecular complexity index is 1640. The molecule has 0 aliphatic carbocycles. The largest absolute Gasteiger partial charge is 0.480 e. The first-order valence-corrected chi connectivity index (χ1v) is 14.4. The normalized spacial score (nSPS) is 14.3. The van der Waals surface area contributed by atoms with E-state index in [2.05, 4.69) is 41.3 Å². The molecule has 0 aromatic heterocycles. The number of thioether (sulfide) groups is 1. The van der Waals surface area contributed by atoms with E-state index in [0.717, 1.165) is 39.3 Å². The summed E-state index contributed by atoms with van der Waals surface area (Å²) >= 11 is 19.3. The maximum Gasteiger partial charge on any atom is 0.323 e. The van der Waals surface area contributed by atoms with E-state index in [-0.39, 0.29) is 9.23 Å². The third-order valence-electron chi connectivity index (χ3n) is 6.20. The van der Waals surface area contributed by atoms with Gasteiger partial charge in [-0.15, -0.1) is 0 Å². The van der Waals surface area contributed by atoms with E-state index >= 15 is 0 Å². The van der Waals surface area contributed by atoms with Crippen molar-refractivity contribution in [3.63, 3.8) is 0 Å². The lowest BCUT2D eigenvalue weighted by Crippen LogP contribution is -2.33. The molecule has 41 heavy (non-hydrogen) atoms. The second-order valence-electron chi connectivity index (χ2n) is 8.99. The van der Waals surface area contributed by atoms with Crippen LogP contribution in [0.15, 0.2) is 102 Å². The summed E-state index contributed by atoms with van der Waals surface area (Å²) < 4.78 is 0.187. The molecule has 0 saturated carbocycles. The van der Waals surface area contributed by atoms with Crippen molar-refractivity contribution < 1.29 is 14.7 Å². The van der Waals surface area contributed by atoms with Crippen LogP contribution in [0, 0.1) is 0 Å². The zero-order chi connectivity index (χ0) is 28.9. The third kappa shape index (κ3) is 6.72. The Balaban J connectivity index is 1.36. The van der Waals surface area contributed by atoms with Crippen LogP contribution in [-0.2, 0) is 9.59 Å². The Labute approximate surface area is 257 Å². The average molecular weight is 618 g/mol. The van der Waals surface area contributed by atoms with Crippen molar-refractivity contribution in [3.8, 4) is 0 Å². The topological polar surface area (TPSA) is 60.9 Å². The standard InChI is InChI=1S/C32H22Cl2N2O3S2/c33-27-18-23(19-29-31(39)35(20-30(37)38)32(40)41-29)28(34)17-22(27)14-11-21-12-15-26(16-13-21)36(24-7-3-1-4-8-24)25-9-5-2-6-10-25/h1-19H,20H2,(H,37,38)/b14-11+,29-19-. The van der Waals surface area contributed by atoms with Gasteiger partial charge in [-0.05, 0) is 71.3 Å². The lowest BCUT2D eigenvalue weighted by molar-refractivity contribution is -0.140. The van der Waals surface area contributed by atoms with Gasteiger partial charge < -0.3 is 10.0 Å². The van der Waals surface area contributed by atoms with Gasteiger partial charge in [0.1, 0.15) is 10.9 Å². The molecule has 0 spiro atoms. The molecule has 9 heteroatoms. The Hall–Kier alpha value is -3.88. The fourth-order valence-corrected chi connectivity index (χ4v) is 5.96. The zero-order valence-corrected chi connectivity index (χ0v) is 24.6. The van der Waals surface area contributed by atoms with Crippen molar-refractivity contribution in [2.75, 3.05) is 11.4 Å². The van der Waals surface area contributed by atoms with Gasteiger partial charge in [-0.1, -0.05) is 108 Å². The van der Waals surface area contributed by atoms with Gasteiger partial charge in [-0.3, -0.25) is 14.5 Å². The van der Waals surface area contributed by atoms with Gasteiger partial charge in [0, 0.05) is 27.1 Å². The minimum Gasteiger partial charge on any atom is -0.480 e. The van der Waals surface area contributed by atoms with Crippen LogP contribution in [0.25, 0.3) is 18.2 Å². The molecule has 0 atom stereocenters. The maximum atomic E-state index is 12.6. The van der Waals surface area contributed by atoms with Crippen LogP contribution < -0.4 is 4.90 Å². The molecule has 0 bridgehead atoms. The Morgan fingerprint density at radius 1 is 0.829 bits per heavy atom. The summed E-state index contributed by atoms with van der Waals surface area (Å²) in [6.45, 7) is -0.488. The van der Waals surface area contributed by atoms with Crippen molar-refractivity contribution in [2.45, 2.75) is 0 Å². The fourth-order valence-electron chi connectivity index (χ4n) is 4.25. The highest BCUT2D eigenvalue weighted by Crippen LogP contribution is 2.36. The number of anilines is 3. The molecule has 4 aromatic rings. The van der Waals surface area contributed by atoms with E-state index in [1.54, 1.807) is 18.2 Å². The van der Waals surface area contributed by atoms with Gasteiger partial charge in [0.25, 0.3) is 5.91 Å². The van der Waals surface area contributed by atoms with Crippen LogP contribution in [-0.4, -0.2) is 32.7 Å². The van der Waals surface area contributed by atoms with E-state index in [1.165, 1.54) is 0 Å². The van der Waals surface area contributed by atoms with Crippen molar-refractivity contribution in [1.29, 1.82) is 0 Å². The highest BCUT2D eigenvalue weighted by molar-refractivity contribution is 8.26. The van der Waals surface area contributed by atoms with Crippen molar-refractivity contribution >= 4 is 98.7 Å². The van der Waals surface area contributed by atoms with Gasteiger partial charge in [0.05, 0.1) is 4.91 Å². The first-order chi connectivity index (χ1) is 19.8. The van der Waals surface area contributed by atoms with Crippen molar-refractivity contribution in [1.82, 2.24) is 4.90 Å². The Morgan fingerprint density at radius 3 is 1.95 bits per heavy atom. The number of carbonyl (C=O) groups is 2. The molecule has 5 rings (SSSR count). The summed E-state index contributed by atoms with van der Waals surface area (Å²) in [4.78, 5) is 27.2. The molecule has 5 nitrogen and oxygen atoms in total. The van der Waals surface area contributed by atoms with E-state index in [9.17, 15) is 9.59 Å². The average Bonchev–Trinajstić information content (AvgIpc) is 3.23. The van der Waals surface area contributed by atoms with Crippen LogP contribution in [0.3, 0.4) is 0 Å². The van der Waals surface area contributed by atoms with Crippen LogP contribution in [0.2, 0.25) is 10.0 Å².